The maximum Gasteiger partial charge on any atom is 0.258 e. The molecule has 1 atom stereocenters. The summed E-state index contributed by atoms with van der Waals surface area (Å²) >= 11 is 0. The number of benzene rings is 2. The normalized spacial score (nSPS) is 19.2. The van der Waals surface area contributed by atoms with Crippen LogP contribution in [0.4, 0.5) is 0 Å². The van der Waals surface area contributed by atoms with Crippen LogP contribution in [0.25, 0.3) is 10.9 Å². The zero-order valence-electron chi connectivity index (χ0n) is 17.2. The van der Waals surface area contributed by atoms with E-state index in [1.54, 1.807) is 18.2 Å². The number of H-pyrrole nitrogens is 1. The van der Waals surface area contributed by atoms with E-state index in [2.05, 4.69) is 15.3 Å². The fraction of sp³-hybridized carbons (Fsp3) is 0.375. The topological polar surface area (TPSA) is 93.3 Å². The highest BCUT2D eigenvalue weighted by Gasteiger charge is 2.43. The molecule has 1 aliphatic heterocycles. The zero-order chi connectivity index (χ0) is 21.3. The summed E-state index contributed by atoms with van der Waals surface area (Å²) in [5.41, 5.74) is 1.22. The first-order valence-corrected chi connectivity index (χ1v) is 10.7. The molecule has 7 nitrogen and oxygen atoms in total. The van der Waals surface area contributed by atoms with Gasteiger partial charge in [-0.05, 0) is 43.9 Å². The summed E-state index contributed by atoms with van der Waals surface area (Å²) in [7, 11) is 0. The fourth-order valence-electron chi connectivity index (χ4n) is 4.75. The molecule has 1 aliphatic carbocycles. The summed E-state index contributed by atoms with van der Waals surface area (Å²) < 4.78 is 11.9. The molecular weight excluding hydrogens is 394 g/mol. The average molecular weight is 419 g/mol. The molecule has 3 aromatic rings. The van der Waals surface area contributed by atoms with Gasteiger partial charge < -0.3 is 19.8 Å². The summed E-state index contributed by atoms with van der Waals surface area (Å²) in [4.78, 5) is 31.9. The van der Waals surface area contributed by atoms with Crippen molar-refractivity contribution in [1.82, 2.24) is 15.3 Å². The average Bonchev–Trinajstić information content (AvgIpc) is 3.21. The zero-order valence-corrected chi connectivity index (χ0v) is 17.2. The van der Waals surface area contributed by atoms with Gasteiger partial charge in [-0.3, -0.25) is 9.59 Å². The smallest absolute Gasteiger partial charge is 0.258 e. The predicted molar refractivity (Wildman–Crippen MR) is 116 cm³/mol. The van der Waals surface area contributed by atoms with Crippen LogP contribution >= 0.6 is 0 Å². The van der Waals surface area contributed by atoms with Crippen molar-refractivity contribution in [1.29, 1.82) is 0 Å². The third-order valence-corrected chi connectivity index (χ3v) is 6.18. The molecule has 2 aromatic carbocycles. The number of para-hydroxylation sites is 2. The lowest BCUT2D eigenvalue weighted by Crippen LogP contribution is -2.44. The number of hydrogen-bond acceptors (Lipinski definition) is 5. The van der Waals surface area contributed by atoms with E-state index in [1.807, 2.05) is 30.3 Å². The van der Waals surface area contributed by atoms with Crippen LogP contribution < -0.4 is 15.6 Å². The molecule has 2 heterocycles. The Labute approximate surface area is 179 Å². The largest absolute Gasteiger partial charge is 0.487 e. The molecule has 2 N–H and O–H groups in total. The molecule has 5 rings (SSSR count). The number of hydrogen-bond donors (Lipinski definition) is 2. The van der Waals surface area contributed by atoms with E-state index in [1.165, 1.54) is 0 Å². The second-order valence-corrected chi connectivity index (χ2v) is 8.38. The van der Waals surface area contributed by atoms with E-state index in [-0.39, 0.29) is 36.3 Å². The highest BCUT2D eigenvalue weighted by atomic mass is 16.5. The lowest BCUT2D eigenvalue weighted by atomic mass is 9.86. The number of carbonyl (C=O) groups excluding carboxylic acids is 1. The number of nitrogens with one attached hydrogen (secondary N) is 2. The van der Waals surface area contributed by atoms with Gasteiger partial charge >= 0.3 is 0 Å². The minimum atomic E-state index is -0.214. The van der Waals surface area contributed by atoms with E-state index in [4.69, 9.17) is 9.47 Å². The molecule has 0 radical (unpaired) electrons. The monoisotopic (exact) mass is 419 g/mol. The Morgan fingerprint density at radius 3 is 2.81 bits per heavy atom. The van der Waals surface area contributed by atoms with Crippen molar-refractivity contribution in [3.63, 3.8) is 0 Å². The van der Waals surface area contributed by atoms with Gasteiger partial charge in [0, 0.05) is 12.0 Å². The number of ether oxygens (including phenoxy) is 2. The van der Waals surface area contributed by atoms with Gasteiger partial charge in [0.1, 0.15) is 30.4 Å². The van der Waals surface area contributed by atoms with E-state index in [0.29, 0.717) is 16.7 Å². The van der Waals surface area contributed by atoms with Crippen molar-refractivity contribution in [3.05, 3.63) is 70.3 Å². The lowest BCUT2D eigenvalue weighted by molar-refractivity contribution is -0.127. The van der Waals surface area contributed by atoms with Crippen molar-refractivity contribution < 1.29 is 14.3 Å². The van der Waals surface area contributed by atoms with Crippen LogP contribution in [0, 0.1) is 0 Å². The van der Waals surface area contributed by atoms with E-state index in [0.717, 1.165) is 43.4 Å². The maximum absolute atomic E-state index is 12.6. The maximum atomic E-state index is 12.6. The standard InChI is InChI=1S/C24H25N3O4/c28-22(15-30-14-21-25-18-9-3-1-8-17(18)23(29)27-21)26-19-13-24(11-5-6-12-24)31-20-10-4-2-7-16(19)20/h1-4,7-10,19H,5-6,11-15H2,(H,26,28)(H,25,27,29). The van der Waals surface area contributed by atoms with Gasteiger partial charge in [0.15, 0.2) is 0 Å². The van der Waals surface area contributed by atoms with Crippen molar-refractivity contribution in [2.45, 2.75) is 50.4 Å². The Kier molecular flexibility index (Phi) is 5.19. The van der Waals surface area contributed by atoms with Crippen LogP contribution in [0.3, 0.4) is 0 Å². The van der Waals surface area contributed by atoms with Crippen molar-refractivity contribution in [2.75, 3.05) is 6.61 Å². The van der Waals surface area contributed by atoms with Crippen LogP contribution in [0.1, 0.15) is 49.5 Å². The number of amides is 1. The Balaban J connectivity index is 1.23. The third-order valence-electron chi connectivity index (χ3n) is 6.18. The van der Waals surface area contributed by atoms with Gasteiger partial charge in [-0.15, -0.1) is 0 Å². The molecule has 1 saturated carbocycles. The number of rotatable bonds is 5. The number of fused-ring (bicyclic) bond motifs is 2. The first-order chi connectivity index (χ1) is 15.1. The first-order valence-electron chi connectivity index (χ1n) is 10.7. The van der Waals surface area contributed by atoms with Crippen molar-refractivity contribution in [2.24, 2.45) is 0 Å². The van der Waals surface area contributed by atoms with Gasteiger partial charge in [0.25, 0.3) is 5.56 Å². The molecule has 1 fully saturated rings. The van der Waals surface area contributed by atoms with Crippen molar-refractivity contribution in [3.8, 4) is 5.75 Å². The first kappa shape index (κ1) is 19.8. The van der Waals surface area contributed by atoms with E-state index in [9.17, 15) is 9.59 Å². The van der Waals surface area contributed by atoms with Gasteiger partial charge in [-0.2, -0.15) is 0 Å². The third kappa shape index (κ3) is 4.05. The van der Waals surface area contributed by atoms with Crippen LogP contribution in [-0.4, -0.2) is 28.1 Å². The molecule has 0 saturated heterocycles. The van der Waals surface area contributed by atoms with Crippen LogP contribution in [0.5, 0.6) is 5.75 Å². The van der Waals surface area contributed by atoms with E-state index < -0.39 is 0 Å². The van der Waals surface area contributed by atoms with Crippen LogP contribution in [-0.2, 0) is 16.1 Å². The molecule has 1 aromatic heterocycles. The molecule has 31 heavy (non-hydrogen) atoms. The minimum Gasteiger partial charge on any atom is -0.487 e. The second-order valence-electron chi connectivity index (χ2n) is 8.38. The van der Waals surface area contributed by atoms with Crippen LogP contribution in [0.15, 0.2) is 53.3 Å². The Hall–Kier alpha value is -3.19. The van der Waals surface area contributed by atoms with Gasteiger partial charge in [0.05, 0.1) is 16.9 Å². The summed E-state index contributed by atoms with van der Waals surface area (Å²) in [6.45, 7) is -0.0507. The Morgan fingerprint density at radius 1 is 1.16 bits per heavy atom. The molecule has 2 aliphatic rings. The van der Waals surface area contributed by atoms with Gasteiger partial charge in [-0.1, -0.05) is 30.3 Å². The predicted octanol–water partition coefficient (Wildman–Crippen LogP) is 3.39. The summed E-state index contributed by atoms with van der Waals surface area (Å²) in [6, 6.07) is 14.9. The quantitative estimate of drug-likeness (QED) is 0.661. The highest BCUT2D eigenvalue weighted by Crippen LogP contribution is 2.46. The summed E-state index contributed by atoms with van der Waals surface area (Å²) in [5.74, 6) is 1.07. The number of nitrogens with zero attached hydrogens (tertiary/aromatic N) is 1. The molecule has 7 heteroatoms. The Bertz CT molecular complexity index is 1170. The minimum absolute atomic E-state index is 0.0573. The molecule has 160 valence electrons. The molecular formula is C24H25N3O4. The summed E-state index contributed by atoms with van der Waals surface area (Å²) in [5, 5.41) is 3.65. The highest BCUT2D eigenvalue weighted by molar-refractivity contribution is 5.78. The van der Waals surface area contributed by atoms with E-state index >= 15 is 0 Å². The number of aromatic amines is 1. The molecule has 1 amide bonds. The summed E-state index contributed by atoms with van der Waals surface area (Å²) in [6.07, 6.45) is 5.12. The van der Waals surface area contributed by atoms with Gasteiger partial charge in [-0.25, -0.2) is 4.98 Å². The Morgan fingerprint density at radius 2 is 1.94 bits per heavy atom. The molecule has 0 bridgehead atoms. The molecule has 1 spiro atoms. The number of carbonyl (C=O) groups is 1. The van der Waals surface area contributed by atoms with Crippen molar-refractivity contribution >= 4 is 16.8 Å². The SMILES string of the molecule is O=C(COCc1nc2ccccc2c(=O)[nH]1)NC1CC2(CCCC2)Oc2ccccc21. The fourth-order valence-corrected chi connectivity index (χ4v) is 4.75. The number of aromatic nitrogens is 2. The second kappa shape index (κ2) is 8.15. The van der Waals surface area contributed by atoms with Crippen LogP contribution in [0.2, 0.25) is 0 Å². The lowest BCUT2D eigenvalue weighted by Gasteiger charge is -2.40. The molecule has 1 unspecified atom stereocenters. The van der Waals surface area contributed by atoms with Gasteiger partial charge in [0.2, 0.25) is 5.91 Å².